The van der Waals surface area contributed by atoms with Crippen LogP contribution in [0.3, 0.4) is 0 Å². The minimum Gasteiger partial charge on any atom is -0.497 e. The highest BCUT2D eigenvalue weighted by atomic mass is 32.2. The summed E-state index contributed by atoms with van der Waals surface area (Å²) in [6, 6.07) is 18.1. The lowest BCUT2D eigenvalue weighted by Gasteiger charge is -2.40. The molecule has 0 spiro atoms. The molecule has 1 aliphatic heterocycles. The van der Waals surface area contributed by atoms with Crippen LogP contribution in [0.25, 0.3) is 17.1 Å². The molecule has 1 fully saturated rings. The Kier molecular flexibility index (Phi) is 16.3. The van der Waals surface area contributed by atoms with Crippen LogP contribution in [0.5, 0.6) is 5.75 Å². The van der Waals surface area contributed by atoms with E-state index in [9.17, 15) is 9.59 Å². The van der Waals surface area contributed by atoms with Crippen molar-refractivity contribution >= 4 is 23.6 Å². The number of carbonyl (C=O) groups is 2. The molecular weight excluding hydrogens is 619 g/mol. The van der Waals surface area contributed by atoms with E-state index in [-0.39, 0.29) is 17.9 Å². The molecule has 1 aromatic heterocycles. The Morgan fingerprint density at radius 3 is 2.04 bits per heavy atom. The number of amides is 2. The summed E-state index contributed by atoms with van der Waals surface area (Å²) in [6.45, 7) is 6.25. The molecule has 48 heavy (non-hydrogen) atoms. The molecule has 1 unspecified atom stereocenters. The zero-order valence-electron chi connectivity index (χ0n) is 29.6. The summed E-state index contributed by atoms with van der Waals surface area (Å²) >= 11 is 1.66. The van der Waals surface area contributed by atoms with Crippen LogP contribution in [0.2, 0.25) is 0 Å². The fraction of sp³-hybridized carbons (Fsp3) is 0.590. The third-order valence-corrected chi connectivity index (χ3v) is 10.3. The number of piperazine rings is 1. The summed E-state index contributed by atoms with van der Waals surface area (Å²) in [5, 5.41) is 9.90. The van der Waals surface area contributed by atoms with Gasteiger partial charge in [0.05, 0.1) is 7.11 Å². The topological polar surface area (TPSA) is 80.6 Å². The quantitative estimate of drug-likeness (QED) is 0.0829. The van der Waals surface area contributed by atoms with Gasteiger partial charge in [-0.15, -0.1) is 10.2 Å². The van der Waals surface area contributed by atoms with E-state index >= 15 is 0 Å². The third kappa shape index (κ3) is 11.7. The number of aromatic nitrogens is 3. The Hall–Kier alpha value is -3.33. The number of benzene rings is 2. The molecule has 2 aromatic carbocycles. The van der Waals surface area contributed by atoms with Gasteiger partial charge in [0.15, 0.2) is 11.0 Å². The first-order valence-corrected chi connectivity index (χ1v) is 19.4. The second-order valence-corrected chi connectivity index (χ2v) is 14.1. The molecule has 0 N–H and O–H groups in total. The minimum atomic E-state index is 0.0709. The summed E-state index contributed by atoms with van der Waals surface area (Å²) in [5.41, 5.74) is 1.98. The van der Waals surface area contributed by atoms with E-state index < -0.39 is 0 Å². The van der Waals surface area contributed by atoms with Gasteiger partial charge in [-0.25, -0.2) is 0 Å². The Bertz CT molecular complexity index is 1360. The highest BCUT2D eigenvalue weighted by Gasteiger charge is 2.29. The molecule has 1 aliphatic rings. The zero-order chi connectivity index (χ0) is 34.0. The predicted octanol–water partition coefficient (Wildman–Crippen LogP) is 8.97. The van der Waals surface area contributed by atoms with E-state index in [0.717, 1.165) is 59.4 Å². The van der Waals surface area contributed by atoms with Gasteiger partial charge in [0, 0.05) is 55.5 Å². The monoisotopic (exact) mass is 675 g/mol. The van der Waals surface area contributed by atoms with Crippen LogP contribution >= 0.6 is 11.8 Å². The zero-order valence-corrected chi connectivity index (χ0v) is 30.4. The van der Waals surface area contributed by atoms with Gasteiger partial charge in [-0.2, -0.15) is 0 Å². The lowest BCUT2D eigenvalue weighted by atomic mass is 10.0. The SMILES string of the molecule is CCCCCCCCCCCCCC(=O)N1CCN(C(=O)CCCCSc2nnc(-c3ccccc3)n2-c2ccc(OC)cc2)CC1C. The summed E-state index contributed by atoms with van der Waals surface area (Å²) in [5.74, 6) is 2.88. The highest BCUT2D eigenvalue weighted by molar-refractivity contribution is 7.99. The Balaban J connectivity index is 1.13. The second-order valence-electron chi connectivity index (χ2n) is 13.1. The maximum Gasteiger partial charge on any atom is 0.222 e. The summed E-state index contributed by atoms with van der Waals surface area (Å²) in [6.07, 6.45) is 17.0. The number of methoxy groups -OCH3 is 1. The van der Waals surface area contributed by atoms with E-state index in [1.54, 1.807) is 18.9 Å². The predicted molar refractivity (Wildman–Crippen MR) is 197 cm³/mol. The smallest absolute Gasteiger partial charge is 0.222 e. The molecular formula is C39H57N5O3S. The average molecular weight is 676 g/mol. The first-order chi connectivity index (χ1) is 23.5. The van der Waals surface area contributed by atoms with Crippen molar-refractivity contribution in [2.45, 2.75) is 121 Å². The molecule has 8 nitrogen and oxygen atoms in total. The lowest BCUT2D eigenvalue weighted by molar-refractivity contribution is -0.142. The van der Waals surface area contributed by atoms with E-state index in [1.165, 1.54) is 57.8 Å². The maximum absolute atomic E-state index is 13.1. The molecule has 2 amide bonds. The van der Waals surface area contributed by atoms with Gasteiger partial charge < -0.3 is 14.5 Å². The van der Waals surface area contributed by atoms with E-state index in [0.29, 0.717) is 32.5 Å². The van der Waals surface area contributed by atoms with Gasteiger partial charge in [-0.1, -0.05) is 113 Å². The highest BCUT2D eigenvalue weighted by Crippen LogP contribution is 2.29. The van der Waals surface area contributed by atoms with Crippen LogP contribution in [0.15, 0.2) is 59.8 Å². The molecule has 0 radical (unpaired) electrons. The van der Waals surface area contributed by atoms with Gasteiger partial charge in [-0.3, -0.25) is 14.2 Å². The Morgan fingerprint density at radius 1 is 0.771 bits per heavy atom. The molecule has 262 valence electrons. The van der Waals surface area contributed by atoms with Crippen LogP contribution in [-0.4, -0.2) is 74.9 Å². The summed E-state index contributed by atoms with van der Waals surface area (Å²) in [4.78, 5) is 30.0. The van der Waals surface area contributed by atoms with Gasteiger partial charge in [-0.05, 0) is 50.5 Å². The van der Waals surface area contributed by atoms with Gasteiger partial charge in [0.1, 0.15) is 5.75 Å². The molecule has 1 saturated heterocycles. The van der Waals surface area contributed by atoms with Gasteiger partial charge in [0.2, 0.25) is 11.8 Å². The molecule has 4 rings (SSSR count). The van der Waals surface area contributed by atoms with E-state index in [4.69, 9.17) is 4.74 Å². The number of hydrogen-bond acceptors (Lipinski definition) is 6. The molecule has 3 aromatic rings. The van der Waals surface area contributed by atoms with Crippen LogP contribution in [0.4, 0.5) is 0 Å². The largest absolute Gasteiger partial charge is 0.497 e. The normalized spacial score (nSPS) is 14.8. The van der Waals surface area contributed by atoms with Crippen molar-refractivity contribution in [2.75, 3.05) is 32.5 Å². The summed E-state index contributed by atoms with van der Waals surface area (Å²) in [7, 11) is 1.66. The van der Waals surface area contributed by atoms with Crippen molar-refractivity contribution in [3.05, 3.63) is 54.6 Å². The van der Waals surface area contributed by atoms with Crippen molar-refractivity contribution in [3.63, 3.8) is 0 Å². The van der Waals surface area contributed by atoms with E-state index in [1.807, 2.05) is 64.4 Å². The van der Waals surface area contributed by atoms with Crippen LogP contribution < -0.4 is 4.74 Å². The number of unbranched alkanes of at least 4 members (excludes halogenated alkanes) is 11. The van der Waals surface area contributed by atoms with Crippen molar-refractivity contribution in [1.82, 2.24) is 24.6 Å². The maximum atomic E-state index is 13.1. The van der Waals surface area contributed by atoms with Crippen molar-refractivity contribution < 1.29 is 14.3 Å². The van der Waals surface area contributed by atoms with Crippen LogP contribution in [-0.2, 0) is 9.59 Å². The molecule has 1 atom stereocenters. The van der Waals surface area contributed by atoms with Crippen LogP contribution in [0.1, 0.15) is 110 Å². The first-order valence-electron chi connectivity index (χ1n) is 18.4. The first kappa shape index (κ1) is 37.5. The molecule has 2 heterocycles. The molecule has 0 aliphatic carbocycles. The second kappa shape index (κ2) is 20.9. The van der Waals surface area contributed by atoms with Gasteiger partial charge >= 0.3 is 0 Å². The molecule has 0 saturated carbocycles. The molecule has 9 heteroatoms. The van der Waals surface area contributed by atoms with Crippen molar-refractivity contribution in [1.29, 1.82) is 0 Å². The molecule has 0 bridgehead atoms. The van der Waals surface area contributed by atoms with Gasteiger partial charge in [0.25, 0.3) is 0 Å². The fourth-order valence-electron chi connectivity index (χ4n) is 6.44. The lowest BCUT2D eigenvalue weighted by Crippen LogP contribution is -2.55. The summed E-state index contributed by atoms with van der Waals surface area (Å²) < 4.78 is 7.44. The number of carbonyl (C=O) groups excluding carboxylic acids is 2. The van der Waals surface area contributed by atoms with E-state index in [2.05, 4.69) is 28.6 Å². The number of rotatable bonds is 21. The van der Waals surface area contributed by atoms with Crippen molar-refractivity contribution in [3.8, 4) is 22.8 Å². The number of thioether (sulfide) groups is 1. The van der Waals surface area contributed by atoms with Crippen LogP contribution in [0, 0.1) is 0 Å². The fourth-order valence-corrected chi connectivity index (χ4v) is 7.39. The van der Waals surface area contributed by atoms with Crippen molar-refractivity contribution in [2.24, 2.45) is 0 Å². The standard InChI is InChI=1S/C39H57N5O3S/c1-4-5-6-7-8-9-10-11-12-13-17-23-37(46)43-29-28-42(31-32(43)2)36(45)22-18-19-30-48-39-41-40-38(33-20-15-14-16-21-33)44(39)34-24-26-35(47-3)27-25-34/h14-16,20-21,24-27,32H,4-13,17-19,22-23,28-31H2,1-3H3. The average Bonchev–Trinajstić information content (AvgIpc) is 3.54. The number of hydrogen-bond donors (Lipinski definition) is 0. The Morgan fingerprint density at radius 2 is 1.40 bits per heavy atom. The number of ether oxygens (including phenoxy) is 1. The Labute approximate surface area is 293 Å². The third-order valence-electron chi connectivity index (χ3n) is 9.31. The minimum absolute atomic E-state index is 0.0709. The number of nitrogens with zero attached hydrogens (tertiary/aromatic N) is 5.